The summed E-state index contributed by atoms with van der Waals surface area (Å²) < 4.78 is 0. The number of allylic oxidation sites excluding steroid dienone is 1. The molecule has 0 bridgehead atoms. The molecule has 2 heterocycles. The molecule has 1 aromatic rings. The number of carbonyl (C=O) groups excluding carboxylic acids is 1. The summed E-state index contributed by atoms with van der Waals surface area (Å²) in [5.74, 6) is 0.936. The summed E-state index contributed by atoms with van der Waals surface area (Å²) in [6.07, 6.45) is 6.79. The third-order valence-electron chi connectivity index (χ3n) is 5.61. The molecule has 0 spiro atoms. The predicted molar refractivity (Wildman–Crippen MR) is 99.3 cm³/mol. The SMILES string of the molecule is N#CC1=C2SCN(C3CCCCC3)CN2C(=O)CC1c1ccccc1. The highest BCUT2D eigenvalue weighted by Crippen LogP contribution is 2.43. The molecule has 3 aliphatic rings. The molecular formula is C20H23N3OS. The molecule has 2 fully saturated rings. The monoisotopic (exact) mass is 353 g/mol. The fraction of sp³-hybridized carbons (Fsp3) is 0.500. The molecule has 0 N–H and O–H groups in total. The van der Waals surface area contributed by atoms with Crippen LogP contribution in [-0.2, 0) is 4.79 Å². The van der Waals surface area contributed by atoms with Crippen molar-refractivity contribution in [1.29, 1.82) is 5.26 Å². The van der Waals surface area contributed by atoms with E-state index >= 15 is 0 Å². The second-order valence-corrected chi connectivity index (χ2v) is 8.05. The number of rotatable bonds is 2. The van der Waals surface area contributed by atoms with Crippen LogP contribution in [0.1, 0.15) is 50.0 Å². The minimum Gasteiger partial charge on any atom is -0.292 e. The van der Waals surface area contributed by atoms with Crippen molar-refractivity contribution < 1.29 is 4.79 Å². The molecule has 2 aliphatic heterocycles. The molecular weight excluding hydrogens is 330 g/mol. The van der Waals surface area contributed by atoms with E-state index in [9.17, 15) is 10.1 Å². The van der Waals surface area contributed by atoms with Gasteiger partial charge < -0.3 is 0 Å². The lowest BCUT2D eigenvalue weighted by Crippen LogP contribution is -2.51. The molecule has 1 saturated heterocycles. The molecule has 130 valence electrons. The van der Waals surface area contributed by atoms with E-state index in [1.54, 1.807) is 11.8 Å². The van der Waals surface area contributed by atoms with Gasteiger partial charge in [-0.15, -0.1) is 0 Å². The second kappa shape index (κ2) is 7.23. The summed E-state index contributed by atoms with van der Waals surface area (Å²) >= 11 is 1.67. The fourth-order valence-electron chi connectivity index (χ4n) is 4.22. The van der Waals surface area contributed by atoms with E-state index in [2.05, 4.69) is 11.0 Å². The van der Waals surface area contributed by atoms with Gasteiger partial charge in [-0.1, -0.05) is 61.4 Å². The molecule has 1 unspecified atom stereocenters. The van der Waals surface area contributed by atoms with Crippen LogP contribution in [0.15, 0.2) is 40.9 Å². The number of carbonyl (C=O) groups is 1. The Hall–Kier alpha value is -1.77. The third-order valence-corrected chi connectivity index (χ3v) is 6.78. The molecule has 5 heteroatoms. The van der Waals surface area contributed by atoms with Gasteiger partial charge >= 0.3 is 0 Å². The molecule has 1 amide bonds. The van der Waals surface area contributed by atoms with Crippen LogP contribution in [0.3, 0.4) is 0 Å². The van der Waals surface area contributed by atoms with Crippen LogP contribution in [0, 0.1) is 11.3 Å². The summed E-state index contributed by atoms with van der Waals surface area (Å²) in [5, 5.41) is 10.7. The summed E-state index contributed by atoms with van der Waals surface area (Å²) in [5.41, 5.74) is 1.83. The number of hydrogen-bond donors (Lipinski definition) is 0. The van der Waals surface area contributed by atoms with Gasteiger partial charge in [-0.25, -0.2) is 0 Å². The van der Waals surface area contributed by atoms with Gasteiger partial charge in [-0.05, 0) is 18.4 Å². The first-order valence-electron chi connectivity index (χ1n) is 9.14. The van der Waals surface area contributed by atoms with Gasteiger partial charge in [0, 0.05) is 18.4 Å². The van der Waals surface area contributed by atoms with Gasteiger partial charge in [0.05, 0.1) is 29.2 Å². The minimum absolute atomic E-state index is 0.0984. The van der Waals surface area contributed by atoms with Crippen LogP contribution >= 0.6 is 11.8 Å². The Balaban J connectivity index is 1.60. The quantitative estimate of drug-likeness (QED) is 0.805. The highest BCUT2D eigenvalue weighted by atomic mass is 32.2. The van der Waals surface area contributed by atoms with Crippen molar-refractivity contribution in [1.82, 2.24) is 9.80 Å². The minimum atomic E-state index is -0.0984. The zero-order chi connectivity index (χ0) is 17.2. The number of amides is 1. The van der Waals surface area contributed by atoms with Gasteiger partial charge in [-0.3, -0.25) is 14.6 Å². The van der Waals surface area contributed by atoms with E-state index in [1.165, 1.54) is 32.1 Å². The van der Waals surface area contributed by atoms with Crippen molar-refractivity contribution in [3.8, 4) is 6.07 Å². The van der Waals surface area contributed by atoms with Crippen LogP contribution in [0.2, 0.25) is 0 Å². The van der Waals surface area contributed by atoms with Gasteiger partial charge in [0.2, 0.25) is 5.91 Å². The number of thioether (sulfide) groups is 1. The maximum Gasteiger partial charge on any atom is 0.229 e. The Morgan fingerprint density at radius 3 is 2.60 bits per heavy atom. The summed E-state index contributed by atoms with van der Waals surface area (Å²) in [4.78, 5) is 17.1. The maximum atomic E-state index is 12.8. The molecule has 0 aromatic heterocycles. The van der Waals surface area contributed by atoms with Gasteiger partial charge in [-0.2, -0.15) is 5.26 Å². The van der Waals surface area contributed by atoms with Crippen molar-refractivity contribution in [3.05, 3.63) is 46.5 Å². The Bertz CT molecular complexity index is 718. The van der Waals surface area contributed by atoms with Crippen LogP contribution < -0.4 is 0 Å². The van der Waals surface area contributed by atoms with E-state index in [1.807, 2.05) is 35.2 Å². The lowest BCUT2D eigenvalue weighted by atomic mass is 9.86. The lowest BCUT2D eigenvalue weighted by Gasteiger charge is -2.44. The second-order valence-electron chi connectivity index (χ2n) is 7.12. The van der Waals surface area contributed by atoms with Crippen LogP contribution in [-0.4, -0.2) is 34.3 Å². The van der Waals surface area contributed by atoms with Crippen LogP contribution in [0.25, 0.3) is 0 Å². The Morgan fingerprint density at radius 2 is 1.88 bits per heavy atom. The summed E-state index contributed by atoms with van der Waals surface area (Å²) in [6, 6.07) is 13.0. The molecule has 25 heavy (non-hydrogen) atoms. The number of nitriles is 1. The highest BCUT2D eigenvalue weighted by Gasteiger charge is 2.39. The average Bonchev–Trinajstić information content (AvgIpc) is 2.69. The summed E-state index contributed by atoms with van der Waals surface area (Å²) in [6.45, 7) is 0.651. The first kappa shape index (κ1) is 16.7. The molecule has 1 aliphatic carbocycles. The Kier molecular flexibility index (Phi) is 4.82. The lowest BCUT2D eigenvalue weighted by molar-refractivity contribution is -0.132. The first-order chi connectivity index (χ1) is 12.3. The predicted octanol–water partition coefficient (Wildman–Crippen LogP) is 4.03. The number of hydrogen-bond acceptors (Lipinski definition) is 4. The van der Waals surface area contributed by atoms with Crippen molar-refractivity contribution in [3.63, 3.8) is 0 Å². The number of fused-ring (bicyclic) bond motifs is 1. The van der Waals surface area contributed by atoms with Crippen molar-refractivity contribution in [2.75, 3.05) is 12.5 Å². The van der Waals surface area contributed by atoms with Gasteiger partial charge in [0.15, 0.2) is 0 Å². The van der Waals surface area contributed by atoms with E-state index < -0.39 is 0 Å². The number of nitrogens with zero attached hydrogens (tertiary/aromatic N) is 3. The molecule has 1 atom stereocenters. The van der Waals surface area contributed by atoms with E-state index in [4.69, 9.17) is 0 Å². The summed E-state index contributed by atoms with van der Waals surface area (Å²) in [7, 11) is 0. The van der Waals surface area contributed by atoms with Gasteiger partial charge in [0.1, 0.15) is 0 Å². The maximum absolute atomic E-state index is 12.8. The number of benzene rings is 1. The van der Waals surface area contributed by atoms with Gasteiger partial charge in [0.25, 0.3) is 0 Å². The normalized spacial score (nSPS) is 25.6. The van der Waals surface area contributed by atoms with Crippen LogP contribution in [0.4, 0.5) is 0 Å². The first-order valence-corrected chi connectivity index (χ1v) is 10.1. The molecule has 1 saturated carbocycles. The van der Waals surface area contributed by atoms with E-state index in [0.29, 0.717) is 19.1 Å². The third kappa shape index (κ3) is 3.21. The molecule has 4 nitrogen and oxygen atoms in total. The zero-order valence-electron chi connectivity index (χ0n) is 14.4. The van der Waals surface area contributed by atoms with E-state index in [-0.39, 0.29) is 11.8 Å². The van der Waals surface area contributed by atoms with Crippen molar-refractivity contribution >= 4 is 17.7 Å². The molecule has 4 rings (SSSR count). The molecule has 0 radical (unpaired) electrons. The van der Waals surface area contributed by atoms with E-state index in [0.717, 1.165) is 22.0 Å². The van der Waals surface area contributed by atoms with Crippen LogP contribution in [0.5, 0.6) is 0 Å². The average molecular weight is 353 g/mol. The van der Waals surface area contributed by atoms with Crippen molar-refractivity contribution in [2.45, 2.75) is 50.5 Å². The largest absolute Gasteiger partial charge is 0.292 e. The standard InChI is InChI=1S/C20H23N3OS/c21-12-18-17(15-7-3-1-4-8-15)11-19(24)23-13-22(14-25-20(18)23)16-9-5-2-6-10-16/h1,3-4,7-8,16-17H,2,5-6,9-11,13-14H2. The molecule has 1 aromatic carbocycles. The topological polar surface area (TPSA) is 47.3 Å². The Labute approximate surface area is 153 Å². The zero-order valence-corrected chi connectivity index (χ0v) is 15.2. The smallest absolute Gasteiger partial charge is 0.229 e. The van der Waals surface area contributed by atoms with Crippen molar-refractivity contribution in [2.24, 2.45) is 0 Å². The highest BCUT2D eigenvalue weighted by molar-refractivity contribution is 8.03. The Morgan fingerprint density at radius 1 is 1.12 bits per heavy atom. The fourth-order valence-corrected chi connectivity index (χ4v) is 5.46.